The van der Waals surface area contributed by atoms with Crippen LogP contribution in [0.4, 0.5) is 0 Å². The summed E-state index contributed by atoms with van der Waals surface area (Å²) in [5, 5.41) is 12.1. The Bertz CT molecular complexity index is 512. The van der Waals surface area contributed by atoms with Gasteiger partial charge in [0, 0.05) is 11.6 Å². The van der Waals surface area contributed by atoms with E-state index in [4.69, 9.17) is 9.63 Å². The largest absolute Gasteiger partial charge is 0.481 e. The fourth-order valence-corrected chi connectivity index (χ4v) is 1.42. The molecule has 0 fully saturated rings. The van der Waals surface area contributed by atoms with Crippen molar-refractivity contribution in [3.05, 3.63) is 48.2 Å². The van der Waals surface area contributed by atoms with E-state index in [9.17, 15) is 4.79 Å². The molecular formula is C13H11NO3. The van der Waals surface area contributed by atoms with E-state index in [1.165, 1.54) is 0 Å². The molecule has 2 aromatic rings. The van der Waals surface area contributed by atoms with Gasteiger partial charge in [0.2, 0.25) is 0 Å². The monoisotopic (exact) mass is 229 g/mol. The number of benzene rings is 1. The molecule has 0 aliphatic rings. The second-order valence-electron chi connectivity index (χ2n) is 3.50. The molecule has 86 valence electrons. The van der Waals surface area contributed by atoms with Crippen LogP contribution in [-0.4, -0.2) is 16.2 Å². The third kappa shape index (κ3) is 3.04. The lowest BCUT2D eigenvalue weighted by molar-refractivity contribution is -0.135. The minimum atomic E-state index is -0.834. The lowest BCUT2D eigenvalue weighted by Crippen LogP contribution is -1.89. The van der Waals surface area contributed by atoms with E-state index in [-0.39, 0.29) is 6.42 Å². The van der Waals surface area contributed by atoms with Crippen LogP contribution in [-0.2, 0) is 4.79 Å². The van der Waals surface area contributed by atoms with Crippen LogP contribution in [0.2, 0.25) is 0 Å². The maximum atomic E-state index is 10.3. The molecule has 0 amide bonds. The van der Waals surface area contributed by atoms with Crippen LogP contribution in [0.1, 0.15) is 12.0 Å². The Kier molecular flexibility index (Phi) is 3.35. The summed E-state index contributed by atoms with van der Waals surface area (Å²) in [6.45, 7) is 0. The fourth-order valence-electron chi connectivity index (χ4n) is 1.42. The van der Waals surface area contributed by atoms with Gasteiger partial charge in [-0.25, -0.2) is 0 Å². The number of carbonyl (C=O) groups is 1. The highest BCUT2D eigenvalue weighted by molar-refractivity contribution is 5.70. The third-order valence-electron chi connectivity index (χ3n) is 2.24. The van der Waals surface area contributed by atoms with E-state index < -0.39 is 5.97 Å². The topological polar surface area (TPSA) is 63.3 Å². The normalized spacial score (nSPS) is 10.8. The average molecular weight is 229 g/mol. The standard InChI is InChI=1S/C13H11NO3/c15-13(16)3-1-2-10-4-6-11(7-5-10)12-8-9-14-17-12/h1-2,4-9H,3H2,(H,15,16). The summed E-state index contributed by atoms with van der Waals surface area (Å²) in [7, 11) is 0. The van der Waals surface area contributed by atoms with Crippen molar-refractivity contribution in [3.63, 3.8) is 0 Å². The maximum absolute atomic E-state index is 10.3. The number of carboxylic acid groups (broad SMARTS) is 1. The Labute approximate surface area is 98.2 Å². The molecule has 2 rings (SSSR count). The molecule has 17 heavy (non-hydrogen) atoms. The predicted molar refractivity (Wildman–Crippen MR) is 63.2 cm³/mol. The first-order valence-corrected chi connectivity index (χ1v) is 5.15. The number of carboxylic acids is 1. The fraction of sp³-hybridized carbons (Fsp3) is 0.0769. The Morgan fingerprint density at radius 3 is 2.65 bits per heavy atom. The average Bonchev–Trinajstić information content (AvgIpc) is 2.83. The molecule has 0 radical (unpaired) electrons. The van der Waals surface area contributed by atoms with Gasteiger partial charge in [-0.2, -0.15) is 0 Å². The molecule has 0 unspecified atom stereocenters. The molecule has 4 heteroatoms. The van der Waals surface area contributed by atoms with Crippen molar-refractivity contribution in [2.45, 2.75) is 6.42 Å². The molecule has 0 spiro atoms. The molecular weight excluding hydrogens is 218 g/mol. The van der Waals surface area contributed by atoms with Crippen LogP contribution in [0.5, 0.6) is 0 Å². The molecule has 0 saturated heterocycles. The Hall–Kier alpha value is -2.36. The van der Waals surface area contributed by atoms with Crippen molar-refractivity contribution in [3.8, 4) is 11.3 Å². The summed E-state index contributed by atoms with van der Waals surface area (Å²) in [6.07, 6.45) is 5.02. The van der Waals surface area contributed by atoms with E-state index in [1.807, 2.05) is 24.3 Å². The van der Waals surface area contributed by atoms with Gasteiger partial charge in [0.15, 0.2) is 5.76 Å². The predicted octanol–water partition coefficient (Wildman–Crippen LogP) is 2.83. The zero-order chi connectivity index (χ0) is 12.1. The van der Waals surface area contributed by atoms with Gasteiger partial charge in [-0.15, -0.1) is 0 Å². The van der Waals surface area contributed by atoms with Crippen molar-refractivity contribution in [2.75, 3.05) is 0 Å². The van der Waals surface area contributed by atoms with Gasteiger partial charge in [0.1, 0.15) is 0 Å². The van der Waals surface area contributed by atoms with Gasteiger partial charge in [-0.3, -0.25) is 4.79 Å². The quantitative estimate of drug-likeness (QED) is 0.875. The Morgan fingerprint density at radius 2 is 2.06 bits per heavy atom. The van der Waals surface area contributed by atoms with Crippen molar-refractivity contribution >= 4 is 12.0 Å². The first-order valence-electron chi connectivity index (χ1n) is 5.15. The maximum Gasteiger partial charge on any atom is 0.307 e. The molecule has 1 aromatic carbocycles. The summed E-state index contributed by atoms with van der Waals surface area (Å²) in [5.74, 6) is -0.120. The first-order chi connectivity index (χ1) is 8.25. The van der Waals surface area contributed by atoms with E-state index in [2.05, 4.69) is 5.16 Å². The van der Waals surface area contributed by atoms with Crippen LogP contribution < -0.4 is 0 Å². The van der Waals surface area contributed by atoms with Crippen LogP contribution in [0.3, 0.4) is 0 Å². The molecule has 0 saturated carbocycles. The Morgan fingerprint density at radius 1 is 1.29 bits per heavy atom. The Balaban J connectivity index is 2.08. The van der Waals surface area contributed by atoms with E-state index >= 15 is 0 Å². The van der Waals surface area contributed by atoms with Crippen LogP contribution >= 0.6 is 0 Å². The van der Waals surface area contributed by atoms with Crippen LogP contribution in [0.25, 0.3) is 17.4 Å². The highest BCUT2D eigenvalue weighted by Crippen LogP contribution is 2.19. The number of rotatable bonds is 4. The van der Waals surface area contributed by atoms with Gasteiger partial charge < -0.3 is 9.63 Å². The van der Waals surface area contributed by atoms with Crippen LogP contribution in [0, 0.1) is 0 Å². The second kappa shape index (κ2) is 5.12. The van der Waals surface area contributed by atoms with Crippen molar-refractivity contribution in [1.82, 2.24) is 5.16 Å². The zero-order valence-electron chi connectivity index (χ0n) is 9.04. The number of aliphatic carboxylic acids is 1. The van der Waals surface area contributed by atoms with Gasteiger partial charge in [0.05, 0.1) is 12.6 Å². The number of aromatic nitrogens is 1. The molecule has 1 N–H and O–H groups in total. The summed E-state index contributed by atoms with van der Waals surface area (Å²) in [4.78, 5) is 10.3. The molecule has 0 aliphatic carbocycles. The SMILES string of the molecule is O=C(O)CC=Cc1ccc(-c2ccno2)cc1. The van der Waals surface area contributed by atoms with E-state index in [1.54, 1.807) is 24.4 Å². The lowest BCUT2D eigenvalue weighted by Gasteiger charge is -1.96. The van der Waals surface area contributed by atoms with Gasteiger partial charge >= 0.3 is 5.97 Å². The molecule has 1 aromatic heterocycles. The number of hydrogen-bond acceptors (Lipinski definition) is 3. The smallest absolute Gasteiger partial charge is 0.307 e. The summed E-state index contributed by atoms with van der Waals surface area (Å²) in [6, 6.07) is 9.39. The minimum absolute atomic E-state index is 0.0316. The van der Waals surface area contributed by atoms with Crippen molar-refractivity contribution in [2.24, 2.45) is 0 Å². The van der Waals surface area contributed by atoms with Gasteiger partial charge in [0.25, 0.3) is 0 Å². The molecule has 0 atom stereocenters. The zero-order valence-corrected chi connectivity index (χ0v) is 9.04. The van der Waals surface area contributed by atoms with E-state index in [0.717, 1.165) is 11.1 Å². The molecule has 0 aliphatic heterocycles. The second-order valence-corrected chi connectivity index (χ2v) is 3.50. The summed E-state index contributed by atoms with van der Waals surface area (Å²) >= 11 is 0. The number of hydrogen-bond donors (Lipinski definition) is 1. The molecule has 1 heterocycles. The molecule has 0 bridgehead atoms. The minimum Gasteiger partial charge on any atom is -0.481 e. The van der Waals surface area contributed by atoms with Gasteiger partial charge in [-0.05, 0) is 5.56 Å². The summed E-state index contributed by atoms with van der Waals surface area (Å²) < 4.78 is 5.03. The third-order valence-corrected chi connectivity index (χ3v) is 2.24. The summed E-state index contributed by atoms with van der Waals surface area (Å²) in [5.41, 5.74) is 1.90. The van der Waals surface area contributed by atoms with E-state index in [0.29, 0.717) is 5.76 Å². The van der Waals surface area contributed by atoms with Crippen molar-refractivity contribution < 1.29 is 14.4 Å². The highest BCUT2D eigenvalue weighted by atomic mass is 16.5. The van der Waals surface area contributed by atoms with Crippen LogP contribution in [0.15, 0.2) is 47.1 Å². The first kappa shape index (κ1) is 11.1. The lowest BCUT2D eigenvalue weighted by atomic mass is 10.1. The number of nitrogens with zero attached hydrogens (tertiary/aromatic N) is 1. The van der Waals surface area contributed by atoms with Crippen molar-refractivity contribution in [1.29, 1.82) is 0 Å². The molecule has 4 nitrogen and oxygen atoms in total. The van der Waals surface area contributed by atoms with Gasteiger partial charge in [-0.1, -0.05) is 41.6 Å². The highest BCUT2D eigenvalue weighted by Gasteiger charge is 2.00.